The molecule has 25 heavy (non-hydrogen) atoms. The van der Waals surface area contributed by atoms with Gasteiger partial charge >= 0.3 is 6.03 Å². The van der Waals surface area contributed by atoms with Gasteiger partial charge < -0.3 is 20.1 Å². The number of methoxy groups -OCH3 is 1. The second-order valence-electron chi connectivity index (χ2n) is 6.57. The Balaban J connectivity index is 1.49. The van der Waals surface area contributed by atoms with Gasteiger partial charge in [0.15, 0.2) is 0 Å². The van der Waals surface area contributed by atoms with Crippen LogP contribution in [0.1, 0.15) is 31.2 Å². The maximum Gasteiger partial charge on any atom is 0.315 e. The van der Waals surface area contributed by atoms with Gasteiger partial charge in [-0.1, -0.05) is 18.2 Å². The monoisotopic (exact) mass is 348 g/mol. The van der Waals surface area contributed by atoms with E-state index in [1.165, 1.54) is 17.7 Å². The first kappa shape index (κ1) is 17.9. The number of urea groups is 1. The van der Waals surface area contributed by atoms with E-state index < -0.39 is 0 Å². The number of hydrogen-bond donors (Lipinski definition) is 2. The predicted octanol–water partition coefficient (Wildman–Crippen LogP) is 2.86. The van der Waals surface area contributed by atoms with Crippen LogP contribution in [-0.2, 0) is 9.47 Å². The number of rotatable bonds is 4. The van der Waals surface area contributed by atoms with Crippen LogP contribution in [0, 0.1) is 5.82 Å². The van der Waals surface area contributed by atoms with E-state index in [0.29, 0.717) is 13.2 Å². The smallest absolute Gasteiger partial charge is 0.315 e. The number of benzene rings is 1. The van der Waals surface area contributed by atoms with E-state index in [4.69, 9.17) is 9.47 Å². The molecule has 1 fully saturated rings. The highest BCUT2D eigenvalue weighted by atomic mass is 19.1. The fourth-order valence-corrected chi connectivity index (χ4v) is 3.42. The summed E-state index contributed by atoms with van der Waals surface area (Å²) in [5.41, 5.74) is 2.25. The predicted molar refractivity (Wildman–Crippen MR) is 93.7 cm³/mol. The summed E-state index contributed by atoms with van der Waals surface area (Å²) in [6.07, 6.45) is 5.42. The molecule has 0 bridgehead atoms. The molecule has 0 radical (unpaired) electrons. The average molecular weight is 348 g/mol. The molecular weight excluding hydrogens is 323 g/mol. The molecule has 1 aliphatic heterocycles. The third-order valence-electron chi connectivity index (χ3n) is 4.87. The number of allylic oxidation sites excluding steroid dienone is 1. The van der Waals surface area contributed by atoms with Crippen LogP contribution >= 0.6 is 0 Å². The first-order chi connectivity index (χ1) is 12.2. The van der Waals surface area contributed by atoms with E-state index in [-0.39, 0.29) is 30.0 Å². The van der Waals surface area contributed by atoms with E-state index >= 15 is 0 Å². The SMILES string of the molecule is CO[C@@H]1CCOC[C@H]1NC(=O)NC1CC=C(c2ccc(F)cc2)CC1. The highest BCUT2D eigenvalue weighted by Gasteiger charge is 2.27. The average Bonchev–Trinajstić information content (AvgIpc) is 2.63. The minimum absolute atomic E-state index is 0.00386. The molecule has 1 unspecified atom stereocenters. The van der Waals surface area contributed by atoms with Crippen molar-refractivity contribution < 1.29 is 18.7 Å². The topological polar surface area (TPSA) is 59.6 Å². The number of amides is 2. The zero-order valence-corrected chi connectivity index (χ0v) is 14.5. The van der Waals surface area contributed by atoms with Crippen molar-refractivity contribution in [1.29, 1.82) is 0 Å². The lowest BCUT2D eigenvalue weighted by atomic mass is 9.91. The second kappa shape index (κ2) is 8.45. The zero-order chi connectivity index (χ0) is 17.6. The largest absolute Gasteiger partial charge is 0.379 e. The van der Waals surface area contributed by atoms with Crippen molar-refractivity contribution in [3.8, 4) is 0 Å². The van der Waals surface area contributed by atoms with Crippen molar-refractivity contribution in [2.75, 3.05) is 20.3 Å². The van der Waals surface area contributed by atoms with Crippen LogP contribution in [0.4, 0.5) is 9.18 Å². The molecule has 136 valence electrons. The van der Waals surface area contributed by atoms with Gasteiger partial charge in [-0.3, -0.25) is 0 Å². The maximum absolute atomic E-state index is 13.0. The van der Waals surface area contributed by atoms with Crippen LogP contribution in [0.5, 0.6) is 0 Å². The van der Waals surface area contributed by atoms with E-state index in [0.717, 1.165) is 31.2 Å². The Kier molecular flexibility index (Phi) is 6.04. The molecule has 0 spiro atoms. The summed E-state index contributed by atoms with van der Waals surface area (Å²) in [4.78, 5) is 12.2. The molecule has 1 saturated heterocycles. The van der Waals surface area contributed by atoms with Crippen LogP contribution in [0.2, 0.25) is 0 Å². The minimum atomic E-state index is -0.225. The first-order valence-electron chi connectivity index (χ1n) is 8.78. The molecule has 1 aliphatic carbocycles. The third-order valence-corrected chi connectivity index (χ3v) is 4.87. The normalized spacial score (nSPS) is 26.6. The number of hydrogen-bond acceptors (Lipinski definition) is 3. The molecule has 3 rings (SSSR count). The molecule has 2 aliphatic rings. The highest BCUT2D eigenvalue weighted by Crippen LogP contribution is 2.27. The van der Waals surface area contributed by atoms with Gasteiger partial charge in [0.2, 0.25) is 0 Å². The van der Waals surface area contributed by atoms with Gasteiger partial charge in [-0.2, -0.15) is 0 Å². The summed E-state index contributed by atoms with van der Waals surface area (Å²) in [6.45, 7) is 1.14. The molecule has 0 saturated carbocycles. The zero-order valence-electron chi connectivity index (χ0n) is 14.5. The summed E-state index contributed by atoms with van der Waals surface area (Å²) in [5.74, 6) is -0.225. The van der Waals surface area contributed by atoms with Crippen LogP contribution in [-0.4, -0.2) is 44.5 Å². The van der Waals surface area contributed by atoms with Gasteiger partial charge in [-0.25, -0.2) is 9.18 Å². The maximum atomic E-state index is 13.0. The fraction of sp³-hybridized carbons (Fsp3) is 0.526. The summed E-state index contributed by atoms with van der Waals surface area (Å²) < 4.78 is 23.8. The van der Waals surface area contributed by atoms with Crippen molar-refractivity contribution in [3.05, 3.63) is 41.7 Å². The van der Waals surface area contributed by atoms with Crippen molar-refractivity contribution >= 4 is 11.6 Å². The molecule has 0 aromatic heterocycles. The highest BCUT2D eigenvalue weighted by molar-refractivity contribution is 5.75. The van der Waals surface area contributed by atoms with Crippen LogP contribution in [0.3, 0.4) is 0 Å². The number of carbonyl (C=O) groups is 1. The lowest BCUT2D eigenvalue weighted by Crippen LogP contribution is -2.54. The number of halogens is 1. The minimum Gasteiger partial charge on any atom is -0.379 e. The Hall–Kier alpha value is -1.92. The van der Waals surface area contributed by atoms with Crippen LogP contribution in [0.25, 0.3) is 5.57 Å². The Bertz CT molecular complexity index is 618. The summed E-state index contributed by atoms with van der Waals surface area (Å²) in [7, 11) is 1.66. The van der Waals surface area contributed by atoms with Crippen LogP contribution in [0.15, 0.2) is 30.3 Å². The van der Waals surface area contributed by atoms with Crippen molar-refractivity contribution in [1.82, 2.24) is 10.6 Å². The standard InChI is InChI=1S/C19H25FN2O3/c1-24-18-10-11-25-12-17(18)22-19(23)21-16-8-4-14(5-9-16)13-2-6-15(20)7-3-13/h2-4,6-7,16-18H,5,8-12H2,1H3,(H2,21,22,23)/t16?,17-,18-/m1/s1. The Morgan fingerprint density at radius 3 is 2.72 bits per heavy atom. The Labute approximate surface area is 147 Å². The summed E-state index contributed by atoms with van der Waals surface area (Å²) >= 11 is 0. The number of carbonyl (C=O) groups excluding carboxylic acids is 1. The molecule has 1 heterocycles. The van der Waals surface area contributed by atoms with Crippen molar-refractivity contribution in [2.24, 2.45) is 0 Å². The number of nitrogens with one attached hydrogen (secondary N) is 2. The van der Waals surface area contributed by atoms with E-state index in [9.17, 15) is 9.18 Å². The molecule has 1 aromatic carbocycles. The quantitative estimate of drug-likeness (QED) is 0.880. The Morgan fingerprint density at radius 2 is 2.04 bits per heavy atom. The second-order valence-corrected chi connectivity index (χ2v) is 6.57. The lowest BCUT2D eigenvalue weighted by Gasteiger charge is -2.32. The van der Waals surface area contributed by atoms with Gasteiger partial charge in [0.05, 0.1) is 18.8 Å². The molecule has 2 amide bonds. The van der Waals surface area contributed by atoms with E-state index in [1.807, 2.05) is 0 Å². The lowest BCUT2D eigenvalue weighted by molar-refractivity contribution is -0.0335. The third kappa shape index (κ3) is 4.80. The molecule has 5 nitrogen and oxygen atoms in total. The molecule has 2 N–H and O–H groups in total. The molecule has 3 atom stereocenters. The van der Waals surface area contributed by atoms with Gasteiger partial charge in [-0.05, 0) is 49.0 Å². The number of ether oxygens (including phenoxy) is 2. The van der Waals surface area contributed by atoms with Crippen LogP contribution < -0.4 is 10.6 Å². The fourth-order valence-electron chi connectivity index (χ4n) is 3.42. The van der Waals surface area contributed by atoms with Gasteiger partial charge in [0, 0.05) is 19.8 Å². The van der Waals surface area contributed by atoms with Crippen molar-refractivity contribution in [2.45, 2.75) is 43.9 Å². The van der Waals surface area contributed by atoms with E-state index in [1.54, 1.807) is 19.2 Å². The summed E-state index contributed by atoms with van der Waals surface area (Å²) in [5, 5.41) is 5.98. The van der Waals surface area contributed by atoms with Gasteiger partial charge in [0.25, 0.3) is 0 Å². The van der Waals surface area contributed by atoms with Gasteiger partial charge in [0.1, 0.15) is 5.82 Å². The molecular formula is C19H25FN2O3. The first-order valence-corrected chi connectivity index (χ1v) is 8.78. The molecule has 1 aromatic rings. The van der Waals surface area contributed by atoms with E-state index in [2.05, 4.69) is 16.7 Å². The molecule has 6 heteroatoms. The van der Waals surface area contributed by atoms with Gasteiger partial charge in [-0.15, -0.1) is 0 Å². The summed E-state index contributed by atoms with van der Waals surface area (Å²) in [6, 6.07) is 6.37. The Morgan fingerprint density at radius 1 is 1.24 bits per heavy atom. The van der Waals surface area contributed by atoms with Crippen molar-refractivity contribution in [3.63, 3.8) is 0 Å².